The average molecular weight is 322 g/mol. The Morgan fingerprint density at radius 2 is 1.95 bits per heavy atom. The predicted molar refractivity (Wildman–Crippen MR) is 78.1 cm³/mol. The molecule has 1 aliphatic heterocycles. The van der Waals surface area contributed by atoms with Gasteiger partial charge in [0.15, 0.2) is 4.67 Å². The first kappa shape index (κ1) is 12.7. The Morgan fingerprint density at radius 3 is 2.58 bits per heavy atom. The summed E-state index contributed by atoms with van der Waals surface area (Å²) in [5.74, 6) is 2.08. The van der Waals surface area contributed by atoms with Crippen LogP contribution in [0.3, 0.4) is 0 Å². The predicted octanol–water partition coefficient (Wildman–Crippen LogP) is 2.76. The summed E-state index contributed by atoms with van der Waals surface area (Å²) in [5.41, 5.74) is 0. The zero-order valence-corrected chi connectivity index (χ0v) is 12.2. The van der Waals surface area contributed by atoms with E-state index in [4.69, 9.17) is 4.42 Å². The Balaban J connectivity index is 1.55. The van der Waals surface area contributed by atoms with Gasteiger partial charge in [0, 0.05) is 32.4 Å². The van der Waals surface area contributed by atoms with Crippen LogP contribution in [0.4, 0.5) is 5.82 Å². The SMILES string of the molecule is Brc1ccc(CN2CCN(c3ccccn3)CC2)o1. The van der Waals surface area contributed by atoms with Gasteiger partial charge in [-0.3, -0.25) is 4.90 Å². The van der Waals surface area contributed by atoms with Crippen molar-refractivity contribution in [2.45, 2.75) is 6.54 Å². The first-order chi connectivity index (χ1) is 9.31. The van der Waals surface area contributed by atoms with E-state index in [1.54, 1.807) is 0 Å². The average Bonchev–Trinajstić information content (AvgIpc) is 2.86. The molecule has 0 radical (unpaired) electrons. The van der Waals surface area contributed by atoms with Crippen molar-refractivity contribution in [3.8, 4) is 0 Å². The van der Waals surface area contributed by atoms with Crippen LogP contribution in [0, 0.1) is 0 Å². The number of hydrogen-bond donors (Lipinski definition) is 0. The molecule has 0 unspecified atom stereocenters. The molecule has 5 heteroatoms. The second kappa shape index (κ2) is 5.75. The zero-order chi connectivity index (χ0) is 13.1. The maximum atomic E-state index is 5.55. The molecule has 2 aromatic heterocycles. The number of halogens is 1. The van der Waals surface area contributed by atoms with Crippen molar-refractivity contribution in [1.82, 2.24) is 9.88 Å². The molecule has 0 amide bonds. The van der Waals surface area contributed by atoms with Gasteiger partial charge in [-0.15, -0.1) is 0 Å². The highest BCUT2D eigenvalue weighted by molar-refractivity contribution is 9.10. The summed E-state index contributed by atoms with van der Waals surface area (Å²) < 4.78 is 6.35. The second-order valence-corrected chi connectivity index (χ2v) is 5.44. The number of aromatic nitrogens is 1. The summed E-state index contributed by atoms with van der Waals surface area (Å²) in [5, 5.41) is 0. The maximum Gasteiger partial charge on any atom is 0.169 e. The van der Waals surface area contributed by atoms with Gasteiger partial charge in [-0.2, -0.15) is 0 Å². The molecule has 100 valence electrons. The van der Waals surface area contributed by atoms with Gasteiger partial charge in [-0.1, -0.05) is 6.07 Å². The van der Waals surface area contributed by atoms with Gasteiger partial charge < -0.3 is 9.32 Å². The molecular weight excluding hydrogens is 306 g/mol. The van der Waals surface area contributed by atoms with Crippen LogP contribution < -0.4 is 4.90 Å². The third kappa shape index (κ3) is 3.16. The molecule has 0 N–H and O–H groups in total. The van der Waals surface area contributed by atoms with E-state index in [0.717, 1.165) is 49.0 Å². The molecule has 0 atom stereocenters. The molecule has 3 heterocycles. The van der Waals surface area contributed by atoms with E-state index in [1.807, 2.05) is 30.5 Å². The molecule has 0 bridgehead atoms. The fraction of sp³-hybridized carbons (Fsp3) is 0.357. The highest BCUT2D eigenvalue weighted by Gasteiger charge is 2.18. The van der Waals surface area contributed by atoms with E-state index >= 15 is 0 Å². The van der Waals surface area contributed by atoms with E-state index in [1.165, 1.54) is 0 Å². The minimum atomic E-state index is 0.801. The van der Waals surface area contributed by atoms with Crippen molar-refractivity contribution in [2.75, 3.05) is 31.1 Å². The lowest BCUT2D eigenvalue weighted by atomic mass is 10.3. The normalized spacial score (nSPS) is 16.8. The molecule has 1 saturated heterocycles. The van der Waals surface area contributed by atoms with Gasteiger partial charge >= 0.3 is 0 Å². The largest absolute Gasteiger partial charge is 0.453 e. The van der Waals surface area contributed by atoms with E-state index < -0.39 is 0 Å². The highest BCUT2D eigenvalue weighted by atomic mass is 79.9. The standard InChI is InChI=1S/C14H16BrN3O/c15-13-5-4-12(19-13)11-17-7-9-18(10-8-17)14-3-1-2-6-16-14/h1-6H,7-11H2. The zero-order valence-electron chi connectivity index (χ0n) is 10.6. The lowest BCUT2D eigenvalue weighted by Crippen LogP contribution is -2.46. The molecule has 0 aliphatic carbocycles. The fourth-order valence-corrected chi connectivity index (χ4v) is 2.67. The van der Waals surface area contributed by atoms with Gasteiger partial charge in [0.25, 0.3) is 0 Å². The van der Waals surface area contributed by atoms with E-state index in [2.05, 4.69) is 36.8 Å². The van der Waals surface area contributed by atoms with Gasteiger partial charge in [0.05, 0.1) is 6.54 Å². The monoisotopic (exact) mass is 321 g/mol. The van der Waals surface area contributed by atoms with Crippen LogP contribution in [0.5, 0.6) is 0 Å². The third-order valence-corrected chi connectivity index (χ3v) is 3.78. The number of hydrogen-bond acceptors (Lipinski definition) is 4. The Labute approximate surface area is 121 Å². The summed E-state index contributed by atoms with van der Waals surface area (Å²) >= 11 is 3.34. The number of nitrogens with zero attached hydrogens (tertiary/aromatic N) is 3. The molecule has 2 aromatic rings. The quantitative estimate of drug-likeness (QED) is 0.870. The second-order valence-electron chi connectivity index (χ2n) is 4.66. The minimum Gasteiger partial charge on any atom is -0.453 e. The van der Waals surface area contributed by atoms with Crippen molar-refractivity contribution in [3.63, 3.8) is 0 Å². The molecule has 0 spiro atoms. The summed E-state index contributed by atoms with van der Waals surface area (Å²) in [6, 6.07) is 10.0. The number of anilines is 1. The van der Waals surface area contributed by atoms with Crippen molar-refractivity contribution in [1.29, 1.82) is 0 Å². The molecule has 0 aromatic carbocycles. The fourth-order valence-electron chi connectivity index (χ4n) is 2.33. The van der Waals surface area contributed by atoms with Crippen LogP contribution >= 0.6 is 15.9 Å². The van der Waals surface area contributed by atoms with Crippen LogP contribution in [-0.4, -0.2) is 36.1 Å². The van der Waals surface area contributed by atoms with E-state index in [9.17, 15) is 0 Å². The summed E-state index contributed by atoms with van der Waals surface area (Å²) in [7, 11) is 0. The lowest BCUT2D eigenvalue weighted by molar-refractivity contribution is 0.229. The van der Waals surface area contributed by atoms with Crippen LogP contribution in [0.1, 0.15) is 5.76 Å². The maximum absolute atomic E-state index is 5.55. The Kier molecular flexibility index (Phi) is 3.84. The number of rotatable bonds is 3. The van der Waals surface area contributed by atoms with Gasteiger partial charge in [-0.05, 0) is 40.2 Å². The summed E-state index contributed by atoms with van der Waals surface area (Å²) in [6.45, 7) is 4.98. The smallest absolute Gasteiger partial charge is 0.169 e. The van der Waals surface area contributed by atoms with Crippen molar-refractivity contribution < 1.29 is 4.42 Å². The van der Waals surface area contributed by atoms with Gasteiger partial charge in [-0.25, -0.2) is 4.98 Å². The molecule has 19 heavy (non-hydrogen) atoms. The minimum absolute atomic E-state index is 0.801. The van der Waals surface area contributed by atoms with Crippen molar-refractivity contribution >= 4 is 21.7 Å². The summed E-state index contributed by atoms with van der Waals surface area (Å²) in [6.07, 6.45) is 1.85. The lowest BCUT2D eigenvalue weighted by Gasteiger charge is -2.34. The van der Waals surface area contributed by atoms with Crippen LogP contribution in [-0.2, 0) is 6.54 Å². The molecule has 4 nitrogen and oxygen atoms in total. The number of furan rings is 1. The van der Waals surface area contributed by atoms with Crippen LogP contribution in [0.2, 0.25) is 0 Å². The Hall–Kier alpha value is -1.33. The van der Waals surface area contributed by atoms with Gasteiger partial charge in [0.2, 0.25) is 0 Å². The van der Waals surface area contributed by atoms with Crippen LogP contribution in [0.15, 0.2) is 45.6 Å². The van der Waals surface area contributed by atoms with Crippen molar-refractivity contribution in [3.05, 3.63) is 47.0 Å². The Morgan fingerprint density at radius 1 is 1.11 bits per heavy atom. The first-order valence-electron chi connectivity index (χ1n) is 6.44. The number of pyridine rings is 1. The van der Waals surface area contributed by atoms with Gasteiger partial charge in [0.1, 0.15) is 11.6 Å². The molecule has 1 fully saturated rings. The number of piperazine rings is 1. The molecule has 3 rings (SSSR count). The molecule has 0 saturated carbocycles. The summed E-state index contributed by atoms with van der Waals surface area (Å²) in [4.78, 5) is 9.13. The highest BCUT2D eigenvalue weighted by Crippen LogP contribution is 2.18. The Bertz CT molecular complexity index is 520. The topological polar surface area (TPSA) is 32.5 Å². The first-order valence-corrected chi connectivity index (χ1v) is 7.23. The molecule has 1 aliphatic rings. The van der Waals surface area contributed by atoms with Crippen molar-refractivity contribution in [2.24, 2.45) is 0 Å². The van der Waals surface area contributed by atoms with Crippen LogP contribution in [0.25, 0.3) is 0 Å². The third-order valence-electron chi connectivity index (χ3n) is 3.35. The molecular formula is C14H16BrN3O. The van der Waals surface area contributed by atoms with E-state index in [-0.39, 0.29) is 0 Å². The van der Waals surface area contributed by atoms with E-state index in [0.29, 0.717) is 0 Å².